The molecule has 1 aromatic carbocycles. The molecular weight excluding hydrogens is 429 g/mol. The standard InChI is InChI=1S/C14H16IN5O4/c1-18-13(15)11-9(17-18)4-5-10(20(23)24)12(11)19-6-2-3-8(7-19)16-14(21)22/h4-5,8,16H,2-3,6-7H2,1H3,(H,21,22). The van der Waals surface area contributed by atoms with Crippen molar-refractivity contribution >= 4 is 51.0 Å². The van der Waals surface area contributed by atoms with E-state index in [2.05, 4.69) is 33.0 Å². The average molecular weight is 445 g/mol. The van der Waals surface area contributed by atoms with Crippen molar-refractivity contribution in [2.24, 2.45) is 7.05 Å². The van der Waals surface area contributed by atoms with Gasteiger partial charge in [-0.15, -0.1) is 0 Å². The predicted molar refractivity (Wildman–Crippen MR) is 96.5 cm³/mol. The number of piperidine rings is 1. The largest absolute Gasteiger partial charge is 0.465 e. The van der Waals surface area contributed by atoms with E-state index in [1.165, 1.54) is 6.07 Å². The number of amides is 1. The summed E-state index contributed by atoms with van der Waals surface area (Å²) in [7, 11) is 1.79. The minimum Gasteiger partial charge on any atom is -0.465 e. The second kappa shape index (κ2) is 6.42. The summed E-state index contributed by atoms with van der Waals surface area (Å²) in [4.78, 5) is 23.9. The SMILES string of the molecule is Cn1nc2ccc([N+](=O)[O-])c(N3CCCC(NC(=O)O)C3)c2c1I. The summed E-state index contributed by atoms with van der Waals surface area (Å²) in [5.41, 5.74) is 1.23. The number of nitrogens with zero attached hydrogens (tertiary/aromatic N) is 4. The highest BCUT2D eigenvalue weighted by Gasteiger charge is 2.30. The minimum atomic E-state index is -1.08. The van der Waals surface area contributed by atoms with Crippen molar-refractivity contribution in [3.05, 3.63) is 25.9 Å². The van der Waals surface area contributed by atoms with Crippen molar-refractivity contribution in [2.45, 2.75) is 18.9 Å². The quantitative estimate of drug-likeness (QED) is 0.426. The van der Waals surface area contributed by atoms with E-state index < -0.39 is 11.0 Å². The second-order valence-corrected chi connectivity index (χ2v) is 6.76. The molecule has 1 saturated heterocycles. The van der Waals surface area contributed by atoms with Gasteiger partial charge in [0.1, 0.15) is 9.39 Å². The summed E-state index contributed by atoms with van der Waals surface area (Å²) in [5.74, 6) is 0. The lowest BCUT2D eigenvalue weighted by molar-refractivity contribution is -0.384. The number of nitro benzene ring substituents is 1. The maximum atomic E-state index is 11.5. The number of fused-ring (bicyclic) bond motifs is 1. The van der Waals surface area contributed by atoms with E-state index in [0.717, 1.165) is 21.9 Å². The van der Waals surface area contributed by atoms with Crippen LogP contribution in [-0.4, -0.2) is 45.0 Å². The normalized spacial score (nSPS) is 17.9. The van der Waals surface area contributed by atoms with E-state index in [1.807, 2.05) is 4.90 Å². The van der Waals surface area contributed by atoms with Crippen molar-refractivity contribution in [1.29, 1.82) is 0 Å². The molecule has 9 nitrogen and oxygen atoms in total. The molecule has 1 amide bonds. The Bertz CT molecular complexity index is 821. The van der Waals surface area contributed by atoms with E-state index >= 15 is 0 Å². The lowest BCUT2D eigenvalue weighted by Gasteiger charge is -2.34. The number of hydrogen-bond donors (Lipinski definition) is 2. The second-order valence-electron chi connectivity index (χ2n) is 5.73. The number of anilines is 1. The van der Waals surface area contributed by atoms with Crippen LogP contribution in [0.1, 0.15) is 12.8 Å². The topological polar surface area (TPSA) is 114 Å². The van der Waals surface area contributed by atoms with Crippen LogP contribution in [0.25, 0.3) is 10.9 Å². The number of nitrogens with one attached hydrogen (secondary N) is 1. The van der Waals surface area contributed by atoms with Crippen molar-refractivity contribution in [3.63, 3.8) is 0 Å². The Hall–Kier alpha value is -2.11. The number of aromatic nitrogens is 2. The smallest absolute Gasteiger partial charge is 0.404 e. The Kier molecular flexibility index (Phi) is 4.47. The lowest BCUT2D eigenvalue weighted by Crippen LogP contribution is -2.47. The number of halogens is 1. The van der Waals surface area contributed by atoms with Gasteiger partial charge in [-0.3, -0.25) is 14.8 Å². The van der Waals surface area contributed by atoms with E-state index in [0.29, 0.717) is 24.3 Å². The van der Waals surface area contributed by atoms with Crippen LogP contribution in [0.2, 0.25) is 0 Å². The summed E-state index contributed by atoms with van der Waals surface area (Å²) in [6, 6.07) is 2.87. The third kappa shape index (κ3) is 2.97. The minimum absolute atomic E-state index is 0.0180. The van der Waals surface area contributed by atoms with Crippen molar-refractivity contribution in [2.75, 3.05) is 18.0 Å². The summed E-state index contributed by atoms with van der Waals surface area (Å²) in [6.07, 6.45) is 0.400. The third-order valence-electron chi connectivity index (χ3n) is 4.14. The van der Waals surface area contributed by atoms with Crippen LogP contribution in [-0.2, 0) is 7.05 Å². The molecule has 2 N–H and O–H groups in total. The molecule has 1 aliphatic rings. The summed E-state index contributed by atoms with van der Waals surface area (Å²) in [6.45, 7) is 1.04. The molecule has 10 heteroatoms. The van der Waals surface area contributed by atoms with E-state index in [1.54, 1.807) is 17.8 Å². The van der Waals surface area contributed by atoms with E-state index in [4.69, 9.17) is 5.11 Å². The first-order chi connectivity index (χ1) is 11.4. The zero-order chi connectivity index (χ0) is 17.4. The number of rotatable bonds is 3. The van der Waals surface area contributed by atoms with Crippen molar-refractivity contribution in [1.82, 2.24) is 15.1 Å². The first kappa shape index (κ1) is 16.7. The first-order valence-electron chi connectivity index (χ1n) is 7.42. The summed E-state index contributed by atoms with van der Waals surface area (Å²) in [5, 5.41) is 28.1. The Labute approximate surface area is 150 Å². The van der Waals surface area contributed by atoms with E-state index in [9.17, 15) is 14.9 Å². The molecular formula is C14H16IN5O4. The fraction of sp³-hybridized carbons (Fsp3) is 0.429. The van der Waals surface area contributed by atoms with Gasteiger partial charge in [0.25, 0.3) is 5.69 Å². The van der Waals surface area contributed by atoms with Crippen LogP contribution < -0.4 is 10.2 Å². The van der Waals surface area contributed by atoms with Gasteiger partial charge in [0.2, 0.25) is 0 Å². The van der Waals surface area contributed by atoms with Gasteiger partial charge in [0.15, 0.2) is 0 Å². The van der Waals surface area contributed by atoms with Gasteiger partial charge in [-0.05, 0) is 41.5 Å². The highest BCUT2D eigenvalue weighted by Crippen LogP contribution is 2.39. The van der Waals surface area contributed by atoms with Crippen LogP contribution in [0, 0.1) is 13.8 Å². The van der Waals surface area contributed by atoms with Gasteiger partial charge in [-0.2, -0.15) is 5.10 Å². The van der Waals surface area contributed by atoms with Gasteiger partial charge in [0, 0.05) is 32.2 Å². The van der Waals surface area contributed by atoms with Gasteiger partial charge in [-0.25, -0.2) is 4.79 Å². The maximum absolute atomic E-state index is 11.5. The number of carboxylic acid groups (broad SMARTS) is 1. The van der Waals surface area contributed by atoms with Crippen LogP contribution in [0.15, 0.2) is 12.1 Å². The van der Waals surface area contributed by atoms with Crippen molar-refractivity contribution < 1.29 is 14.8 Å². The zero-order valence-electron chi connectivity index (χ0n) is 12.9. The highest BCUT2D eigenvalue weighted by atomic mass is 127. The molecule has 3 rings (SSSR count). The molecule has 0 spiro atoms. The van der Waals surface area contributed by atoms with Gasteiger partial charge >= 0.3 is 6.09 Å². The molecule has 1 atom stereocenters. The van der Waals surface area contributed by atoms with Crippen LogP contribution >= 0.6 is 22.6 Å². The molecule has 1 aromatic heterocycles. The fourth-order valence-corrected chi connectivity index (χ4v) is 3.80. The predicted octanol–water partition coefficient (Wildman–Crippen LogP) is 2.32. The summed E-state index contributed by atoms with van der Waals surface area (Å²) >= 11 is 2.13. The molecule has 1 aliphatic heterocycles. The number of hydrogen-bond acceptors (Lipinski definition) is 5. The Morgan fingerprint density at radius 3 is 2.96 bits per heavy atom. The van der Waals surface area contributed by atoms with Gasteiger partial charge in [0.05, 0.1) is 15.8 Å². The molecule has 2 heterocycles. The number of nitro groups is 1. The molecule has 0 aliphatic carbocycles. The molecule has 128 valence electrons. The first-order valence-corrected chi connectivity index (χ1v) is 8.50. The molecule has 24 heavy (non-hydrogen) atoms. The third-order valence-corrected chi connectivity index (χ3v) is 5.38. The van der Waals surface area contributed by atoms with Crippen LogP contribution in [0.4, 0.5) is 16.2 Å². The molecule has 1 fully saturated rings. The Balaban J connectivity index is 2.10. The number of benzene rings is 1. The van der Waals surface area contributed by atoms with Crippen LogP contribution in [0.3, 0.4) is 0 Å². The van der Waals surface area contributed by atoms with Gasteiger partial charge in [-0.1, -0.05) is 0 Å². The van der Waals surface area contributed by atoms with Crippen LogP contribution in [0.5, 0.6) is 0 Å². The zero-order valence-corrected chi connectivity index (χ0v) is 15.1. The summed E-state index contributed by atoms with van der Waals surface area (Å²) < 4.78 is 2.50. The molecule has 2 aromatic rings. The average Bonchev–Trinajstić information content (AvgIpc) is 2.81. The lowest BCUT2D eigenvalue weighted by atomic mass is 10.0. The Morgan fingerprint density at radius 1 is 1.54 bits per heavy atom. The fourth-order valence-electron chi connectivity index (χ4n) is 3.16. The molecule has 0 bridgehead atoms. The molecule has 1 unspecified atom stereocenters. The Morgan fingerprint density at radius 2 is 2.29 bits per heavy atom. The molecule has 0 radical (unpaired) electrons. The highest BCUT2D eigenvalue weighted by molar-refractivity contribution is 14.1. The molecule has 0 saturated carbocycles. The monoisotopic (exact) mass is 445 g/mol. The van der Waals surface area contributed by atoms with Gasteiger partial charge < -0.3 is 15.3 Å². The van der Waals surface area contributed by atoms with Crippen molar-refractivity contribution in [3.8, 4) is 0 Å². The maximum Gasteiger partial charge on any atom is 0.404 e. The van der Waals surface area contributed by atoms with E-state index in [-0.39, 0.29) is 11.7 Å². The number of carbonyl (C=O) groups is 1. The number of aryl methyl sites for hydroxylation is 1.